The minimum atomic E-state index is -0.328. The van der Waals surface area contributed by atoms with Crippen LogP contribution in [0.25, 0.3) is 0 Å². The number of aliphatic hydroxyl groups excluding tert-OH is 1. The summed E-state index contributed by atoms with van der Waals surface area (Å²) < 4.78 is 0.980. The maximum Gasteiger partial charge on any atom is 0.110 e. The van der Waals surface area contributed by atoms with Crippen molar-refractivity contribution in [3.05, 3.63) is 22.8 Å². The van der Waals surface area contributed by atoms with Crippen LogP contribution in [0.3, 0.4) is 0 Å². The first-order valence-corrected chi connectivity index (χ1v) is 7.14. The Hall–Kier alpha value is -0.100. The molecule has 1 aromatic heterocycles. The van der Waals surface area contributed by atoms with Gasteiger partial charge in [-0.25, -0.2) is 4.98 Å². The largest absolute Gasteiger partial charge is 0.391 e. The van der Waals surface area contributed by atoms with Gasteiger partial charge in [0.25, 0.3) is 0 Å². The van der Waals surface area contributed by atoms with E-state index in [2.05, 4.69) is 33.2 Å². The Kier molecular flexibility index (Phi) is 7.03. The van der Waals surface area contributed by atoms with Gasteiger partial charge in [-0.2, -0.15) is 0 Å². The fourth-order valence-electron chi connectivity index (χ4n) is 1.16. The van der Waals surface area contributed by atoms with Crippen molar-refractivity contribution in [1.29, 1.82) is 0 Å². The monoisotopic (exact) mass is 304 g/mol. The van der Waals surface area contributed by atoms with Crippen molar-refractivity contribution in [3.8, 4) is 0 Å². The molecule has 0 fully saturated rings. The molecule has 1 rings (SSSR count). The van der Waals surface area contributed by atoms with Crippen LogP contribution < -0.4 is 5.32 Å². The number of rotatable bonds is 7. The minimum Gasteiger partial charge on any atom is -0.391 e. The van der Waals surface area contributed by atoms with Crippen LogP contribution in [-0.2, 0) is 0 Å². The van der Waals surface area contributed by atoms with E-state index in [4.69, 9.17) is 0 Å². The summed E-state index contributed by atoms with van der Waals surface area (Å²) in [4.78, 5) is 4.23. The SMILES string of the molecule is CCCNCC(O)CSc1ncccc1Br. The first-order chi connectivity index (χ1) is 7.74. The van der Waals surface area contributed by atoms with Gasteiger partial charge < -0.3 is 10.4 Å². The molecule has 0 bridgehead atoms. The third kappa shape index (κ3) is 5.30. The van der Waals surface area contributed by atoms with E-state index in [1.807, 2.05) is 12.1 Å². The Balaban J connectivity index is 2.26. The van der Waals surface area contributed by atoms with E-state index in [1.165, 1.54) is 0 Å². The van der Waals surface area contributed by atoms with Crippen molar-refractivity contribution in [2.75, 3.05) is 18.8 Å². The fourth-order valence-corrected chi connectivity index (χ4v) is 2.56. The number of hydrogen-bond acceptors (Lipinski definition) is 4. The lowest BCUT2D eigenvalue weighted by Gasteiger charge is -2.11. The quantitative estimate of drug-likeness (QED) is 0.599. The molecule has 3 nitrogen and oxygen atoms in total. The normalized spacial score (nSPS) is 12.7. The zero-order valence-corrected chi connectivity index (χ0v) is 11.7. The molecule has 0 amide bonds. The van der Waals surface area contributed by atoms with Crippen LogP contribution in [0.5, 0.6) is 0 Å². The predicted molar refractivity (Wildman–Crippen MR) is 71.8 cm³/mol. The lowest BCUT2D eigenvalue weighted by molar-refractivity contribution is 0.196. The average molecular weight is 305 g/mol. The van der Waals surface area contributed by atoms with Crippen LogP contribution in [-0.4, -0.2) is 35.0 Å². The lowest BCUT2D eigenvalue weighted by Crippen LogP contribution is -2.28. The Bertz CT molecular complexity index is 312. The van der Waals surface area contributed by atoms with Gasteiger partial charge in [0.2, 0.25) is 0 Å². The zero-order valence-electron chi connectivity index (χ0n) is 9.32. The van der Waals surface area contributed by atoms with Crippen LogP contribution in [0, 0.1) is 0 Å². The average Bonchev–Trinajstić information content (AvgIpc) is 2.28. The number of nitrogens with one attached hydrogen (secondary N) is 1. The van der Waals surface area contributed by atoms with Crippen LogP contribution in [0.4, 0.5) is 0 Å². The van der Waals surface area contributed by atoms with E-state index < -0.39 is 0 Å². The predicted octanol–water partition coefficient (Wildman–Crippen LogP) is 2.30. The molecule has 2 N–H and O–H groups in total. The number of pyridine rings is 1. The van der Waals surface area contributed by atoms with Gasteiger partial charge in [-0.05, 0) is 41.0 Å². The van der Waals surface area contributed by atoms with Crippen molar-refractivity contribution in [1.82, 2.24) is 10.3 Å². The summed E-state index contributed by atoms with van der Waals surface area (Å²) in [6, 6.07) is 3.84. The third-order valence-electron chi connectivity index (χ3n) is 1.94. The topological polar surface area (TPSA) is 45.1 Å². The maximum absolute atomic E-state index is 9.70. The molecule has 0 aliphatic carbocycles. The van der Waals surface area contributed by atoms with Gasteiger partial charge in [0.1, 0.15) is 5.03 Å². The molecular weight excluding hydrogens is 288 g/mol. The molecule has 16 heavy (non-hydrogen) atoms. The van der Waals surface area contributed by atoms with Crippen molar-refractivity contribution < 1.29 is 5.11 Å². The Labute approximate surface area is 109 Å². The molecular formula is C11H17BrN2OS. The summed E-state index contributed by atoms with van der Waals surface area (Å²) in [7, 11) is 0. The summed E-state index contributed by atoms with van der Waals surface area (Å²) in [6.07, 6.45) is 2.52. The lowest BCUT2D eigenvalue weighted by atomic mass is 10.4. The van der Waals surface area contributed by atoms with Crippen molar-refractivity contribution in [2.45, 2.75) is 24.5 Å². The Morgan fingerprint density at radius 1 is 1.62 bits per heavy atom. The molecule has 0 saturated carbocycles. The highest BCUT2D eigenvalue weighted by Crippen LogP contribution is 2.24. The highest BCUT2D eigenvalue weighted by Gasteiger charge is 2.07. The summed E-state index contributed by atoms with van der Waals surface area (Å²) in [6.45, 7) is 3.71. The molecule has 0 spiro atoms. The standard InChI is InChI=1S/C11H17BrN2OS/c1-2-5-13-7-9(15)8-16-11-10(12)4-3-6-14-11/h3-4,6,9,13,15H,2,5,7-8H2,1H3. The van der Waals surface area contributed by atoms with Gasteiger partial charge in [-0.1, -0.05) is 6.92 Å². The van der Waals surface area contributed by atoms with Crippen LogP contribution >= 0.6 is 27.7 Å². The number of aliphatic hydroxyl groups is 1. The summed E-state index contributed by atoms with van der Waals surface area (Å²) in [5.74, 6) is 0.659. The molecule has 1 unspecified atom stereocenters. The Morgan fingerprint density at radius 2 is 2.44 bits per heavy atom. The van der Waals surface area contributed by atoms with Crippen molar-refractivity contribution in [3.63, 3.8) is 0 Å². The second-order valence-corrected chi connectivity index (χ2v) is 5.32. The highest BCUT2D eigenvalue weighted by atomic mass is 79.9. The van der Waals surface area contributed by atoms with E-state index >= 15 is 0 Å². The molecule has 5 heteroatoms. The number of hydrogen-bond donors (Lipinski definition) is 2. The molecule has 1 heterocycles. The first-order valence-electron chi connectivity index (χ1n) is 5.36. The molecule has 1 aromatic rings. The summed E-state index contributed by atoms with van der Waals surface area (Å²) >= 11 is 4.99. The van der Waals surface area contributed by atoms with Gasteiger partial charge >= 0.3 is 0 Å². The van der Waals surface area contributed by atoms with E-state index in [0.717, 1.165) is 22.5 Å². The number of aromatic nitrogens is 1. The molecule has 0 saturated heterocycles. The van der Waals surface area contributed by atoms with E-state index in [1.54, 1.807) is 18.0 Å². The van der Waals surface area contributed by atoms with Crippen molar-refractivity contribution in [2.24, 2.45) is 0 Å². The highest BCUT2D eigenvalue weighted by molar-refractivity contribution is 9.10. The number of halogens is 1. The molecule has 0 aliphatic rings. The van der Waals surface area contributed by atoms with Gasteiger partial charge in [-0.3, -0.25) is 0 Å². The smallest absolute Gasteiger partial charge is 0.110 e. The van der Waals surface area contributed by atoms with E-state index in [0.29, 0.717) is 12.3 Å². The molecule has 0 aromatic carbocycles. The molecule has 1 atom stereocenters. The van der Waals surface area contributed by atoms with Crippen LogP contribution in [0.15, 0.2) is 27.8 Å². The molecule has 90 valence electrons. The van der Waals surface area contributed by atoms with Crippen molar-refractivity contribution >= 4 is 27.7 Å². The van der Waals surface area contributed by atoms with Crippen LogP contribution in [0.1, 0.15) is 13.3 Å². The van der Waals surface area contributed by atoms with Gasteiger partial charge in [0, 0.05) is 23.0 Å². The minimum absolute atomic E-state index is 0.328. The van der Waals surface area contributed by atoms with E-state index in [-0.39, 0.29) is 6.10 Å². The summed E-state index contributed by atoms with van der Waals surface area (Å²) in [5, 5.41) is 13.8. The van der Waals surface area contributed by atoms with E-state index in [9.17, 15) is 5.11 Å². The van der Waals surface area contributed by atoms with Crippen LogP contribution in [0.2, 0.25) is 0 Å². The second-order valence-electron chi connectivity index (χ2n) is 3.46. The maximum atomic E-state index is 9.70. The van der Waals surface area contributed by atoms with Gasteiger partial charge in [0.05, 0.1) is 6.10 Å². The van der Waals surface area contributed by atoms with Gasteiger partial charge in [-0.15, -0.1) is 11.8 Å². The van der Waals surface area contributed by atoms with Gasteiger partial charge in [0.15, 0.2) is 0 Å². The number of nitrogens with zero attached hydrogens (tertiary/aromatic N) is 1. The number of thioether (sulfide) groups is 1. The Morgan fingerprint density at radius 3 is 3.12 bits per heavy atom. The first kappa shape index (κ1) is 14.0. The third-order valence-corrected chi connectivity index (χ3v) is 4.00. The molecule has 0 aliphatic heterocycles. The molecule has 0 radical (unpaired) electrons. The summed E-state index contributed by atoms with van der Waals surface area (Å²) in [5.41, 5.74) is 0. The fraction of sp³-hybridized carbons (Fsp3) is 0.545. The zero-order chi connectivity index (χ0) is 11.8. The second kappa shape index (κ2) is 8.06.